The molecule has 0 saturated heterocycles. The van der Waals surface area contributed by atoms with Gasteiger partial charge in [-0.05, 0) is 52.2 Å². The Morgan fingerprint density at radius 1 is 1.30 bits per heavy atom. The number of carbonyl (C=O) groups is 2. The van der Waals surface area contributed by atoms with Crippen molar-refractivity contribution < 1.29 is 14.0 Å². The number of carbonyl (C=O) groups excluding carboxylic acids is 2. The highest BCUT2D eigenvalue weighted by Crippen LogP contribution is 2.29. The standard InChI is InChI=1S/C15H12BrNO3/c1-17-12-4-2-10(8-9(12)3-5-13(17)18)14(19)11-6-7-20-15(11)16/h2,4,6-8H,3,5H2,1H3. The lowest BCUT2D eigenvalue weighted by molar-refractivity contribution is -0.118. The zero-order chi connectivity index (χ0) is 14.3. The lowest BCUT2D eigenvalue weighted by atomic mass is 9.96. The molecule has 1 amide bonds. The van der Waals surface area contributed by atoms with Gasteiger partial charge in [-0.15, -0.1) is 0 Å². The molecule has 2 aromatic rings. The Hall–Kier alpha value is -1.88. The molecule has 0 spiro atoms. The molecule has 0 aliphatic carbocycles. The van der Waals surface area contributed by atoms with Crippen molar-refractivity contribution in [3.8, 4) is 0 Å². The highest BCUT2D eigenvalue weighted by atomic mass is 79.9. The maximum absolute atomic E-state index is 12.4. The summed E-state index contributed by atoms with van der Waals surface area (Å²) < 4.78 is 5.53. The van der Waals surface area contributed by atoms with E-state index in [2.05, 4.69) is 15.9 Å². The molecule has 2 heterocycles. The number of halogens is 1. The van der Waals surface area contributed by atoms with Crippen LogP contribution in [0, 0.1) is 0 Å². The first kappa shape index (κ1) is 13.1. The van der Waals surface area contributed by atoms with Crippen LogP contribution < -0.4 is 4.90 Å². The van der Waals surface area contributed by atoms with Gasteiger partial charge in [0.2, 0.25) is 5.91 Å². The number of fused-ring (bicyclic) bond motifs is 1. The summed E-state index contributed by atoms with van der Waals surface area (Å²) in [6.45, 7) is 0. The van der Waals surface area contributed by atoms with Crippen LogP contribution in [-0.4, -0.2) is 18.7 Å². The highest BCUT2D eigenvalue weighted by Gasteiger charge is 2.23. The molecule has 0 atom stereocenters. The molecule has 1 aliphatic rings. The van der Waals surface area contributed by atoms with Gasteiger partial charge < -0.3 is 9.32 Å². The largest absolute Gasteiger partial charge is 0.457 e. The van der Waals surface area contributed by atoms with Crippen molar-refractivity contribution in [3.05, 3.63) is 51.9 Å². The Morgan fingerprint density at radius 2 is 2.10 bits per heavy atom. The summed E-state index contributed by atoms with van der Waals surface area (Å²) in [5, 5.41) is 0. The SMILES string of the molecule is CN1C(=O)CCc2cc(C(=O)c3ccoc3Br)ccc21. The molecule has 0 N–H and O–H groups in total. The van der Waals surface area contributed by atoms with Crippen LogP contribution in [0.2, 0.25) is 0 Å². The first-order valence-corrected chi connectivity index (χ1v) is 7.04. The van der Waals surface area contributed by atoms with Crippen LogP contribution in [-0.2, 0) is 11.2 Å². The third-order valence-electron chi connectivity index (χ3n) is 3.55. The highest BCUT2D eigenvalue weighted by molar-refractivity contribution is 9.10. The number of ketones is 1. The lowest BCUT2D eigenvalue weighted by Crippen LogP contribution is -2.31. The zero-order valence-electron chi connectivity index (χ0n) is 10.9. The summed E-state index contributed by atoms with van der Waals surface area (Å²) in [5.41, 5.74) is 3.01. The Morgan fingerprint density at radius 3 is 2.80 bits per heavy atom. The third kappa shape index (κ3) is 2.08. The first-order chi connectivity index (χ1) is 9.58. The van der Waals surface area contributed by atoms with Gasteiger partial charge in [0.15, 0.2) is 10.5 Å². The molecule has 0 fully saturated rings. The van der Waals surface area contributed by atoms with Crippen LogP contribution in [0.3, 0.4) is 0 Å². The van der Waals surface area contributed by atoms with Crippen LogP contribution >= 0.6 is 15.9 Å². The molecule has 0 unspecified atom stereocenters. The van der Waals surface area contributed by atoms with E-state index in [4.69, 9.17) is 4.42 Å². The molecule has 20 heavy (non-hydrogen) atoms. The van der Waals surface area contributed by atoms with Crippen LogP contribution in [0.5, 0.6) is 0 Å². The number of aryl methyl sites for hydroxylation is 1. The normalized spacial score (nSPS) is 14.3. The number of hydrogen-bond acceptors (Lipinski definition) is 3. The molecule has 1 aromatic heterocycles. The van der Waals surface area contributed by atoms with Gasteiger partial charge in [0.05, 0.1) is 11.8 Å². The van der Waals surface area contributed by atoms with Gasteiger partial charge >= 0.3 is 0 Å². The van der Waals surface area contributed by atoms with Gasteiger partial charge in [-0.1, -0.05) is 0 Å². The molecule has 1 aliphatic heterocycles. The van der Waals surface area contributed by atoms with Gasteiger partial charge in [-0.2, -0.15) is 0 Å². The van der Waals surface area contributed by atoms with Crippen LogP contribution in [0.4, 0.5) is 5.69 Å². The lowest BCUT2D eigenvalue weighted by Gasteiger charge is -2.25. The second-order valence-electron chi connectivity index (χ2n) is 4.73. The molecule has 0 saturated carbocycles. The molecule has 0 bridgehead atoms. The smallest absolute Gasteiger partial charge is 0.227 e. The van der Waals surface area contributed by atoms with Crippen LogP contribution in [0.15, 0.2) is 39.6 Å². The van der Waals surface area contributed by atoms with E-state index in [-0.39, 0.29) is 11.7 Å². The Kier molecular flexibility index (Phi) is 3.22. The monoisotopic (exact) mass is 333 g/mol. The second kappa shape index (κ2) is 4.90. The fraction of sp³-hybridized carbons (Fsp3) is 0.200. The van der Waals surface area contributed by atoms with Gasteiger partial charge in [0.1, 0.15) is 0 Å². The number of anilines is 1. The van der Waals surface area contributed by atoms with Crippen molar-refractivity contribution in [2.24, 2.45) is 0 Å². The minimum absolute atomic E-state index is 0.0898. The van der Waals surface area contributed by atoms with Gasteiger partial charge in [0.25, 0.3) is 0 Å². The number of hydrogen-bond donors (Lipinski definition) is 0. The molecule has 5 heteroatoms. The van der Waals surface area contributed by atoms with Crippen LogP contribution in [0.25, 0.3) is 0 Å². The minimum Gasteiger partial charge on any atom is -0.457 e. The topological polar surface area (TPSA) is 50.5 Å². The van der Waals surface area contributed by atoms with Gasteiger partial charge in [-0.25, -0.2) is 0 Å². The average molecular weight is 334 g/mol. The van der Waals surface area contributed by atoms with E-state index < -0.39 is 0 Å². The Labute approximate surface area is 124 Å². The fourth-order valence-electron chi connectivity index (χ4n) is 2.41. The van der Waals surface area contributed by atoms with Crippen LogP contribution in [0.1, 0.15) is 27.9 Å². The number of amides is 1. The Balaban J connectivity index is 1.99. The van der Waals surface area contributed by atoms with E-state index in [1.165, 1.54) is 6.26 Å². The summed E-state index contributed by atoms with van der Waals surface area (Å²) in [6, 6.07) is 7.07. The van der Waals surface area contributed by atoms with Crippen molar-refractivity contribution in [3.63, 3.8) is 0 Å². The maximum atomic E-state index is 12.4. The van der Waals surface area contributed by atoms with Crippen molar-refractivity contribution in [2.45, 2.75) is 12.8 Å². The number of rotatable bonds is 2. The van der Waals surface area contributed by atoms with E-state index in [1.807, 2.05) is 12.1 Å². The quantitative estimate of drug-likeness (QED) is 0.793. The number of furan rings is 1. The van der Waals surface area contributed by atoms with Gasteiger partial charge in [0, 0.05) is 24.7 Å². The summed E-state index contributed by atoms with van der Waals surface area (Å²) in [6.07, 6.45) is 2.63. The fourth-order valence-corrected chi connectivity index (χ4v) is 2.83. The Bertz CT molecular complexity index is 705. The predicted molar refractivity (Wildman–Crippen MR) is 78.0 cm³/mol. The van der Waals surface area contributed by atoms with Crippen molar-refractivity contribution in [1.29, 1.82) is 0 Å². The van der Waals surface area contributed by atoms with E-state index in [1.54, 1.807) is 24.1 Å². The van der Waals surface area contributed by atoms with Crippen molar-refractivity contribution in [2.75, 3.05) is 11.9 Å². The first-order valence-electron chi connectivity index (χ1n) is 6.25. The summed E-state index contributed by atoms with van der Waals surface area (Å²) in [4.78, 5) is 25.7. The maximum Gasteiger partial charge on any atom is 0.227 e. The molecule has 102 valence electrons. The zero-order valence-corrected chi connectivity index (χ0v) is 12.4. The molecule has 3 rings (SSSR count). The summed E-state index contributed by atoms with van der Waals surface area (Å²) in [7, 11) is 1.76. The van der Waals surface area contributed by atoms with E-state index in [9.17, 15) is 9.59 Å². The predicted octanol–water partition coefficient (Wildman–Crippen LogP) is 3.18. The average Bonchev–Trinajstić information content (AvgIpc) is 2.88. The van der Waals surface area contributed by atoms with Gasteiger partial charge in [-0.3, -0.25) is 9.59 Å². The number of benzene rings is 1. The molecule has 1 aromatic carbocycles. The summed E-state index contributed by atoms with van der Waals surface area (Å²) >= 11 is 3.22. The third-order valence-corrected chi connectivity index (χ3v) is 4.16. The second-order valence-corrected chi connectivity index (χ2v) is 5.45. The number of nitrogens with zero attached hydrogens (tertiary/aromatic N) is 1. The molecular formula is C15H12BrNO3. The van der Waals surface area contributed by atoms with Crippen molar-refractivity contribution >= 4 is 33.3 Å². The summed E-state index contributed by atoms with van der Waals surface area (Å²) in [5.74, 6) is 0.0159. The van der Waals surface area contributed by atoms with E-state index >= 15 is 0 Å². The minimum atomic E-state index is -0.0898. The van der Waals surface area contributed by atoms with E-state index in [0.29, 0.717) is 28.6 Å². The molecule has 0 radical (unpaired) electrons. The molecular weight excluding hydrogens is 322 g/mol. The van der Waals surface area contributed by atoms with E-state index in [0.717, 1.165) is 11.3 Å². The van der Waals surface area contributed by atoms with Crippen molar-refractivity contribution in [1.82, 2.24) is 0 Å². The molecule has 4 nitrogen and oxygen atoms in total.